The standard InChI is InChI=1S/C13H18N2O2/c1-13(17)6-7-15(9-13)12(16)8-10-4-2-3-5-11(10)14/h2-5,17H,6-9,14H2,1H3. The van der Waals surface area contributed by atoms with Gasteiger partial charge in [0.05, 0.1) is 12.0 Å². The molecule has 1 aliphatic heterocycles. The summed E-state index contributed by atoms with van der Waals surface area (Å²) < 4.78 is 0. The molecule has 1 saturated heterocycles. The molecule has 92 valence electrons. The number of nitrogen functional groups attached to an aromatic ring is 1. The van der Waals surface area contributed by atoms with Gasteiger partial charge in [-0.15, -0.1) is 0 Å². The van der Waals surface area contributed by atoms with Crippen molar-refractivity contribution in [2.24, 2.45) is 0 Å². The number of nitrogens with zero attached hydrogens (tertiary/aromatic N) is 1. The molecule has 1 heterocycles. The fourth-order valence-electron chi connectivity index (χ4n) is 2.13. The van der Waals surface area contributed by atoms with Crippen molar-refractivity contribution in [3.05, 3.63) is 29.8 Å². The van der Waals surface area contributed by atoms with E-state index in [9.17, 15) is 9.90 Å². The van der Waals surface area contributed by atoms with Gasteiger partial charge in [0, 0.05) is 18.8 Å². The number of hydrogen-bond donors (Lipinski definition) is 2. The summed E-state index contributed by atoms with van der Waals surface area (Å²) in [5.74, 6) is 0.0284. The Morgan fingerprint density at radius 1 is 1.53 bits per heavy atom. The second kappa shape index (κ2) is 4.37. The second-order valence-corrected chi connectivity index (χ2v) is 4.94. The zero-order chi connectivity index (χ0) is 12.5. The lowest BCUT2D eigenvalue weighted by Gasteiger charge is -2.19. The quantitative estimate of drug-likeness (QED) is 0.744. The molecular weight excluding hydrogens is 216 g/mol. The molecule has 0 aliphatic carbocycles. The summed E-state index contributed by atoms with van der Waals surface area (Å²) in [6.45, 7) is 2.80. The first kappa shape index (κ1) is 11.9. The van der Waals surface area contributed by atoms with Gasteiger partial charge in [0.1, 0.15) is 0 Å². The molecule has 1 unspecified atom stereocenters. The minimum atomic E-state index is -0.738. The van der Waals surface area contributed by atoms with Crippen molar-refractivity contribution < 1.29 is 9.90 Å². The van der Waals surface area contributed by atoms with Gasteiger partial charge in [0.15, 0.2) is 0 Å². The Morgan fingerprint density at radius 3 is 2.82 bits per heavy atom. The van der Waals surface area contributed by atoms with Gasteiger partial charge in [-0.2, -0.15) is 0 Å². The molecule has 1 aromatic rings. The normalized spacial score (nSPS) is 24.0. The largest absolute Gasteiger partial charge is 0.398 e. The van der Waals surface area contributed by atoms with E-state index in [0.717, 1.165) is 5.56 Å². The number of anilines is 1. The van der Waals surface area contributed by atoms with Crippen LogP contribution in [0, 0.1) is 0 Å². The predicted octanol–water partition coefficient (Wildman–Crippen LogP) is 0.795. The third kappa shape index (κ3) is 2.77. The lowest BCUT2D eigenvalue weighted by molar-refractivity contribution is -0.130. The van der Waals surface area contributed by atoms with Crippen molar-refractivity contribution in [2.45, 2.75) is 25.4 Å². The molecule has 17 heavy (non-hydrogen) atoms. The zero-order valence-corrected chi connectivity index (χ0v) is 10.0. The molecule has 0 spiro atoms. The van der Waals surface area contributed by atoms with Crippen molar-refractivity contribution in [2.75, 3.05) is 18.8 Å². The number of likely N-dealkylation sites (tertiary alicyclic amines) is 1. The number of hydrogen-bond acceptors (Lipinski definition) is 3. The summed E-state index contributed by atoms with van der Waals surface area (Å²) in [6, 6.07) is 7.38. The van der Waals surface area contributed by atoms with Gasteiger partial charge in [0.25, 0.3) is 0 Å². The molecule has 4 nitrogen and oxygen atoms in total. The van der Waals surface area contributed by atoms with E-state index in [-0.39, 0.29) is 5.91 Å². The number of rotatable bonds is 2. The van der Waals surface area contributed by atoms with Crippen LogP contribution < -0.4 is 5.73 Å². The molecule has 3 N–H and O–H groups in total. The molecule has 0 bridgehead atoms. The van der Waals surface area contributed by atoms with Crippen molar-refractivity contribution in [3.63, 3.8) is 0 Å². The van der Waals surface area contributed by atoms with Gasteiger partial charge in [-0.3, -0.25) is 4.79 Å². The maximum atomic E-state index is 12.0. The van der Waals surface area contributed by atoms with Crippen molar-refractivity contribution in [1.29, 1.82) is 0 Å². The number of para-hydroxylation sites is 1. The maximum Gasteiger partial charge on any atom is 0.227 e. The number of carbonyl (C=O) groups is 1. The van der Waals surface area contributed by atoms with E-state index >= 15 is 0 Å². The van der Waals surface area contributed by atoms with Crippen LogP contribution in [0.3, 0.4) is 0 Å². The summed E-state index contributed by atoms with van der Waals surface area (Å²) in [7, 11) is 0. The molecule has 0 saturated carbocycles. The van der Waals surface area contributed by atoms with Gasteiger partial charge in [-0.1, -0.05) is 18.2 Å². The summed E-state index contributed by atoms with van der Waals surface area (Å²) in [4.78, 5) is 13.7. The molecule has 0 radical (unpaired) electrons. The van der Waals surface area contributed by atoms with Crippen LogP contribution in [0.1, 0.15) is 18.9 Å². The molecule has 1 aliphatic rings. The first-order chi connectivity index (χ1) is 7.98. The van der Waals surface area contributed by atoms with Gasteiger partial charge in [0.2, 0.25) is 5.91 Å². The van der Waals surface area contributed by atoms with Crippen LogP contribution in [0.5, 0.6) is 0 Å². The summed E-state index contributed by atoms with van der Waals surface area (Å²) >= 11 is 0. The van der Waals surface area contributed by atoms with E-state index in [1.54, 1.807) is 17.9 Å². The van der Waals surface area contributed by atoms with Crippen molar-refractivity contribution in [3.8, 4) is 0 Å². The second-order valence-electron chi connectivity index (χ2n) is 4.94. The Kier molecular flexibility index (Phi) is 3.07. The number of β-amino-alcohol motifs (C(OH)–C–C–N with tert-alkyl or cyclic N) is 1. The fourth-order valence-corrected chi connectivity index (χ4v) is 2.13. The summed E-state index contributed by atoms with van der Waals surface area (Å²) in [5.41, 5.74) is 6.56. The molecule has 1 amide bonds. The van der Waals surface area contributed by atoms with Crippen LogP contribution in [-0.4, -0.2) is 34.6 Å². The molecule has 1 fully saturated rings. The van der Waals surface area contributed by atoms with Gasteiger partial charge in [-0.05, 0) is 25.0 Å². The lowest BCUT2D eigenvalue weighted by Crippen LogP contribution is -2.34. The molecule has 4 heteroatoms. The van der Waals surface area contributed by atoms with Crippen molar-refractivity contribution >= 4 is 11.6 Å². The average Bonchev–Trinajstić information content (AvgIpc) is 2.62. The highest BCUT2D eigenvalue weighted by molar-refractivity contribution is 5.80. The van der Waals surface area contributed by atoms with E-state index in [0.29, 0.717) is 31.6 Å². The smallest absolute Gasteiger partial charge is 0.227 e. The van der Waals surface area contributed by atoms with Crippen LogP contribution in [0.2, 0.25) is 0 Å². The van der Waals surface area contributed by atoms with Gasteiger partial charge < -0.3 is 15.7 Å². The van der Waals surface area contributed by atoms with E-state index in [1.807, 2.05) is 18.2 Å². The minimum Gasteiger partial charge on any atom is -0.398 e. The van der Waals surface area contributed by atoms with Crippen LogP contribution in [0.25, 0.3) is 0 Å². The van der Waals surface area contributed by atoms with E-state index in [2.05, 4.69) is 0 Å². The number of nitrogens with two attached hydrogens (primary N) is 1. The first-order valence-corrected chi connectivity index (χ1v) is 5.81. The third-order valence-electron chi connectivity index (χ3n) is 3.20. The van der Waals surface area contributed by atoms with Gasteiger partial charge in [-0.25, -0.2) is 0 Å². The maximum absolute atomic E-state index is 12.0. The fraction of sp³-hybridized carbons (Fsp3) is 0.462. The van der Waals surface area contributed by atoms with Crippen molar-refractivity contribution in [1.82, 2.24) is 4.90 Å². The third-order valence-corrected chi connectivity index (χ3v) is 3.20. The Balaban J connectivity index is 2.01. The lowest BCUT2D eigenvalue weighted by atomic mass is 10.1. The molecule has 1 aromatic carbocycles. The molecular formula is C13H18N2O2. The van der Waals surface area contributed by atoms with Crippen LogP contribution in [-0.2, 0) is 11.2 Å². The predicted molar refractivity (Wildman–Crippen MR) is 66.4 cm³/mol. The van der Waals surface area contributed by atoms with Gasteiger partial charge >= 0.3 is 0 Å². The highest BCUT2D eigenvalue weighted by atomic mass is 16.3. The SMILES string of the molecule is CC1(O)CCN(C(=O)Cc2ccccc2N)C1. The Hall–Kier alpha value is -1.55. The van der Waals surface area contributed by atoms with Crippen LogP contribution in [0.4, 0.5) is 5.69 Å². The van der Waals surface area contributed by atoms with E-state index in [4.69, 9.17) is 5.73 Å². The number of amides is 1. The van der Waals surface area contributed by atoms with E-state index < -0.39 is 5.60 Å². The average molecular weight is 234 g/mol. The Labute approximate surface area is 101 Å². The highest BCUT2D eigenvalue weighted by Crippen LogP contribution is 2.21. The van der Waals surface area contributed by atoms with E-state index in [1.165, 1.54) is 0 Å². The summed E-state index contributed by atoms with van der Waals surface area (Å²) in [5, 5.41) is 9.82. The Morgan fingerprint density at radius 2 is 2.24 bits per heavy atom. The molecule has 1 atom stereocenters. The number of benzene rings is 1. The molecule has 0 aromatic heterocycles. The number of aliphatic hydroxyl groups is 1. The zero-order valence-electron chi connectivity index (χ0n) is 10.0. The minimum absolute atomic E-state index is 0.0284. The topological polar surface area (TPSA) is 66.6 Å². The first-order valence-electron chi connectivity index (χ1n) is 5.81. The monoisotopic (exact) mass is 234 g/mol. The number of carbonyl (C=O) groups excluding carboxylic acids is 1. The van der Waals surface area contributed by atoms with Crippen LogP contribution >= 0.6 is 0 Å². The highest BCUT2D eigenvalue weighted by Gasteiger charge is 2.33. The molecule has 2 rings (SSSR count). The summed E-state index contributed by atoms with van der Waals surface area (Å²) in [6.07, 6.45) is 0.950. The Bertz CT molecular complexity index is 429. The van der Waals surface area contributed by atoms with Crippen LogP contribution in [0.15, 0.2) is 24.3 Å².